The minimum absolute atomic E-state index is 0.572. The molecule has 4 nitrogen and oxygen atoms in total. The molecule has 3 aromatic heterocycles. The molecule has 0 saturated carbocycles. The van der Waals surface area contributed by atoms with Crippen molar-refractivity contribution in [2.75, 3.05) is 0 Å². The van der Waals surface area contributed by atoms with Crippen LogP contribution in [-0.2, 0) is 5.41 Å². The van der Waals surface area contributed by atoms with Crippen LogP contribution < -0.4 is 0 Å². The lowest BCUT2D eigenvalue weighted by Gasteiger charge is -2.33. The lowest BCUT2D eigenvalue weighted by molar-refractivity contribution is 0.734. The van der Waals surface area contributed by atoms with E-state index in [9.17, 15) is 0 Å². The molecule has 0 unspecified atom stereocenters. The van der Waals surface area contributed by atoms with Crippen molar-refractivity contribution in [2.24, 2.45) is 0 Å². The van der Waals surface area contributed by atoms with Crippen LogP contribution in [0.3, 0.4) is 0 Å². The molecule has 6 aromatic carbocycles. The zero-order chi connectivity index (χ0) is 32.4. The van der Waals surface area contributed by atoms with Gasteiger partial charge in [-0.3, -0.25) is 4.98 Å². The first kappa shape index (κ1) is 27.6. The Labute approximate surface area is 284 Å². The van der Waals surface area contributed by atoms with Crippen LogP contribution in [0.4, 0.5) is 0 Å². The predicted octanol–water partition coefficient (Wildman–Crippen LogP) is 10.4. The van der Waals surface area contributed by atoms with E-state index in [0.717, 1.165) is 39.2 Å². The summed E-state index contributed by atoms with van der Waals surface area (Å²) in [6.45, 7) is 0. The Bertz CT molecular complexity index is 2620. The topological polar surface area (TPSA) is 35.6 Å². The lowest BCUT2D eigenvalue weighted by Crippen LogP contribution is -2.29. The highest BCUT2D eigenvalue weighted by molar-refractivity contribution is 6.09. The summed E-state index contributed by atoms with van der Waals surface area (Å²) >= 11 is 0. The maximum Gasteiger partial charge on any atom is 0.0886 e. The van der Waals surface area contributed by atoms with Gasteiger partial charge in [0.15, 0.2) is 0 Å². The molecule has 4 heteroatoms. The van der Waals surface area contributed by atoms with E-state index in [4.69, 9.17) is 10.1 Å². The Morgan fingerprint density at radius 2 is 1.20 bits per heavy atom. The smallest absolute Gasteiger partial charge is 0.0886 e. The van der Waals surface area contributed by atoms with E-state index in [1.54, 1.807) is 0 Å². The van der Waals surface area contributed by atoms with Gasteiger partial charge in [0.05, 0.1) is 34.0 Å². The molecule has 0 bridgehead atoms. The Morgan fingerprint density at radius 3 is 2.00 bits per heavy atom. The molecular weight excluding hydrogens is 597 g/mol. The van der Waals surface area contributed by atoms with Crippen molar-refractivity contribution >= 4 is 21.8 Å². The first-order chi connectivity index (χ1) is 24.3. The summed E-state index contributed by atoms with van der Waals surface area (Å²) in [5, 5.41) is 7.20. The summed E-state index contributed by atoms with van der Waals surface area (Å²) in [5.74, 6) is 0. The second-order valence-electron chi connectivity index (χ2n) is 12.7. The summed E-state index contributed by atoms with van der Waals surface area (Å²) in [6, 6.07) is 58.7. The summed E-state index contributed by atoms with van der Waals surface area (Å²) in [7, 11) is 0. The monoisotopic (exact) mass is 626 g/mol. The van der Waals surface area contributed by atoms with Crippen LogP contribution >= 0.6 is 0 Å². The van der Waals surface area contributed by atoms with Gasteiger partial charge in [-0.15, -0.1) is 0 Å². The molecule has 9 aromatic rings. The van der Waals surface area contributed by atoms with E-state index in [0.29, 0.717) is 0 Å². The van der Waals surface area contributed by atoms with E-state index in [2.05, 4.69) is 162 Å². The average Bonchev–Trinajstić information content (AvgIpc) is 3.88. The van der Waals surface area contributed by atoms with Gasteiger partial charge in [0, 0.05) is 34.4 Å². The van der Waals surface area contributed by atoms with Gasteiger partial charge in [0.1, 0.15) is 0 Å². The third-order valence-corrected chi connectivity index (χ3v) is 10.2. The molecule has 0 aliphatic heterocycles. The van der Waals surface area contributed by atoms with Crippen molar-refractivity contribution in [3.63, 3.8) is 0 Å². The van der Waals surface area contributed by atoms with Gasteiger partial charge in [-0.2, -0.15) is 5.10 Å². The molecule has 0 amide bonds. The van der Waals surface area contributed by atoms with Crippen molar-refractivity contribution in [1.82, 2.24) is 19.3 Å². The fraction of sp³-hybridized carbons (Fsp3) is 0.0222. The number of nitrogens with zero attached hydrogens (tertiary/aromatic N) is 4. The van der Waals surface area contributed by atoms with Crippen molar-refractivity contribution in [1.29, 1.82) is 0 Å². The highest BCUT2D eigenvalue weighted by Gasteiger charge is 2.47. The van der Waals surface area contributed by atoms with Crippen molar-refractivity contribution < 1.29 is 0 Å². The number of para-hydroxylation sites is 1. The average molecular weight is 627 g/mol. The predicted molar refractivity (Wildman–Crippen MR) is 198 cm³/mol. The second-order valence-corrected chi connectivity index (χ2v) is 12.7. The third kappa shape index (κ3) is 4.04. The number of rotatable bonds is 5. The van der Waals surface area contributed by atoms with Gasteiger partial charge < -0.3 is 4.57 Å². The van der Waals surface area contributed by atoms with Crippen LogP contribution in [-0.4, -0.2) is 19.3 Å². The number of benzene rings is 6. The number of hydrogen-bond acceptors (Lipinski definition) is 2. The first-order valence-electron chi connectivity index (χ1n) is 16.7. The largest absolute Gasteiger partial charge is 0.309 e. The molecule has 0 atom stereocenters. The zero-order valence-corrected chi connectivity index (χ0v) is 26.6. The zero-order valence-electron chi connectivity index (χ0n) is 26.6. The molecule has 0 radical (unpaired) electrons. The maximum atomic E-state index is 5.05. The van der Waals surface area contributed by atoms with E-state index in [1.807, 2.05) is 29.2 Å². The minimum Gasteiger partial charge on any atom is -0.309 e. The normalized spacial score (nSPS) is 13.1. The Hall–Kier alpha value is -6.52. The third-order valence-electron chi connectivity index (χ3n) is 10.2. The van der Waals surface area contributed by atoms with Gasteiger partial charge >= 0.3 is 0 Å². The van der Waals surface area contributed by atoms with E-state index in [1.165, 1.54) is 38.6 Å². The van der Waals surface area contributed by atoms with Crippen LogP contribution in [0.15, 0.2) is 182 Å². The molecule has 10 rings (SSSR count). The molecule has 230 valence electrons. The van der Waals surface area contributed by atoms with Crippen LogP contribution in [0.1, 0.15) is 22.4 Å². The van der Waals surface area contributed by atoms with Crippen LogP contribution in [0.2, 0.25) is 0 Å². The van der Waals surface area contributed by atoms with Crippen LogP contribution in [0, 0.1) is 0 Å². The van der Waals surface area contributed by atoms with E-state index >= 15 is 0 Å². The van der Waals surface area contributed by atoms with Gasteiger partial charge in [-0.1, -0.05) is 121 Å². The highest BCUT2D eigenvalue weighted by Crippen LogP contribution is 2.55. The highest BCUT2D eigenvalue weighted by atomic mass is 15.3. The molecule has 0 saturated heterocycles. The van der Waals surface area contributed by atoms with Crippen LogP contribution in [0.5, 0.6) is 0 Å². The number of pyridine rings is 1. The second kappa shape index (κ2) is 10.8. The summed E-state index contributed by atoms with van der Waals surface area (Å²) in [6.07, 6.45) is 5.96. The maximum absolute atomic E-state index is 5.05. The van der Waals surface area contributed by atoms with Crippen molar-refractivity contribution in [3.05, 3.63) is 205 Å². The summed E-state index contributed by atoms with van der Waals surface area (Å²) in [5.41, 5.74) is 13.3. The van der Waals surface area contributed by atoms with Crippen LogP contribution in [0.25, 0.3) is 55.4 Å². The quantitative estimate of drug-likeness (QED) is 0.191. The molecular formula is C45H30N4. The van der Waals surface area contributed by atoms with Gasteiger partial charge in [-0.25, -0.2) is 4.68 Å². The van der Waals surface area contributed by atoms with Crippen molar-refractivity contribution in [3.8, 4) is 33.6 Å². The number of aromatic nitrogens is 4. The standard InChI is InChI=1S/C45H30N4/c1-2-13-31(14-3-1)32-29-47-48(30-32)34-24-25-39-38-19-6-9-22-42(38)49(43(39)28-34)35-16-12-15-33(27-35)45(44-23-10-11-26-46-44)40-20-7-4-17-36(40)37-18-5-8-21-41(37)45/h1-30H. The van der Waals surface area contributed by atoms with Gasteiger partial charge in [0.2, 0.25) is 0 Å². The number of hydrogen-bond donors (Lipinski definition) is 0. The summed E-state index contributed by atoms with van der Waals surface area (Å²) in [4.78, 5) is 5.05. The fourth-order valence-corrected chi connectivity index (χ4v) is 8.06. The molecule has 0 N–H and O–H groups in total. The molecule has 0 spiro atoms. The Morgan fingerprint density at radius 1 is 0.490 bits per heavy atom. The lowest BCUT2D eigenvalue weighted by atomic mass is 9.69. The Balaban J connectivity index is 1.21. The van der Waals surface area contributed by atoms with Crippen molar-refractivity contribution in [2.45, 2.75) is 5.41 Å². The molecule has 1 aliphatic rings. The number of fused-ring (bicyclic) bond motifs is 6. The SMILES string of the molecule is c1ccc(-c2cnn(-c3ccc4c5ccccc5n(-c5cccc(C6(c7ccccn7)c7ccccc7-c7ccccc76)c5)c4c3)c2)cc1. The molecule has 0 fully saturated rings. The van der Waals surface area contributed by atoms with Gasteiger partial charge in [-0.05, 0) is 75.8 Å². The van der Waals surface area contributed by atoms with E-state index < -0.39 is 5.41 Å². The molecule has 1 aliphatic carbocycles. The fourth-order valence-electron chi connectivity index (χ4n) is 8.06. The molecule has 3 heterocycles. The van der Waals surface area contributed by atoms with Gasteiger partial charge in [0.25, 0.3) is 0 Å². The minimum atomic E-state index is -0.572. The summed E-state index contributed by atoms with van der Waals surface area (Å²) < 4.78 is 4.38. The Kier molecular flexibility index (Phi) is 6.06. The first-order valence-corrected chi connectivity index (χ1v) is 16.7. The molecule has 49 heavy (non-hydrogen) atoms. The van der Waals surface area contributed by atoms with E-state index in [-0.39, 0.29) is 0 Å².